The molecule has 2 heterocycles. The number of carbonyl (C=O) groups excluding carboxylic acids is 1. The first-order valence-corrected chi connectivity index (χ1v) is 11.5. The molecular weight excluding hydrogens is 479 g/mol. The maximum atomic E-state index is 13.0. The largest absolute Gasteiger partial charge is 0.416 e. The van der Waals surface area contributed by atoms with Crippen molar-refractivity contribution < 1.29 is 18.0 Å². The number of hydrogen-bond donors (Lipinski definition) is 2. The number of halogens is 3. The van der Waals surface area contributed by atoms with E-state index < -0.39 is 11.7 Å². The summed E-state index contributed by atoms with van der Waals surface area (Å²) < 4.78 is 40.8. The fourth-order valence-electron chi connectivity index (χ4n) is 4.06. The van der Waals surface area contributed by atoms with Crippen molar-refractivity contribution in [3.05, 3.63) is 114 Å². The molecule has 2 aromatic heterocycles. The van der Waals surface area contributed by atoms with E-state index in [-0.39, 0.29) is 18.9 Å². The van der Waals surface area contributed by atoms with E-state index >= 15 is 0 Å². The first kappa shape index (κ1) is 24.1. The topological polar surface area (TPSA) is 71.8 Å². The Morgan fingerprint density at radius 3 is 2.41 bits per heavy atom. The number of alkyl halides is 3. The molecule has 5 aromatic rings. The molecule has 186 valence electrons. The molecular formula is C28H22F3N5O. The van der Waals surface area contributed by atoms with Crippen molar-refractivity contribution in [1.82, 2.24) is 20.1 Å². The highest BCUT2D eigenvalue weighted by molar-refractivity contribution is 5.90. The van der Waals surface area contributed by atoms with Gasteiger partial charge < -0.3 is 10.6 Å². The molecule has 0 aliphatic heterocycles. The number of nitrogens with zero attached hydrogens (tertiary/aromatic N) is 3. The van der Waals surface area contributed by atoms with Gasteiger partial charge in [-0.15, -0.1) is 10.2 Å². The molecule has 0 unspecified atom stereocenters. The van der Waals surface area contributed by atoms with Gasteiger partial charge in [0.1, 0.15) is 0 Å². The summed E-state index contributed by atoms with van der Waals surface area (Å²) in [6.07, 6.45) is -2.53. The second-order valence-electron chi connectivity index (χ2n) is 8.46. The lowest BCUT2D eigenvalue weighted by molar-refractivity contribution is -0.137. The Labute approximate surface area is 210 Å². The van der Waals surface area contributed by atoms with Gasteiger partial charge in [0, 0.05) is 23.8 Å². The fourth-order valence-corrected chi connectivity index (χ4v) is 4.06. The number of carbonyl (C=O) groups is 1. The Hall–Kier alpha value is -4.66. The van der Waals surface area contributed by atoms with Crippen LogP contribution >= 0.6 is 0 Å². The van der Waals surface area contributed by atoms with Crippen molar-refractivity contribution in [1.29, 1.82) is 0 Å². The van der Waals surface area contributed by atoms with Crippen molar-refractivity contribution in [3.63, 3.8) is 0 Å². The van der Waals surface area contributed by atoms with E-state index in [1.165, 1.54) is 6.07 Å². The number of nitrogens with one attached hydrogen (secondary N) is 2. The van der Waals surface area contributed by atoms with Crippen LogP contribution < -0.4 is 10.6 Å². The second-order valence-corrected chi connectivity index (χ2v) is 8.46. The smallest absolute Gasteiger partial charge is 0.352 e. The van der Waals surface area contributed by atoms with Gasteiger partial charge in [0.2, 0.25) is 5.91 Å². The predicted molar refractivity (Wildman–Crippen MR) is 136 cm³/mol. The first-order chi connectivity index (χ1) is 17.9. The molecule has 2 N–H and O–H groups in total. The van der Waals surface area contributed by atoms with Gasteiger partial charge in [0.15, 0.2) is 11.6 Å². The zero-order chi connectivity index (χ0) is 25.8. The number of anilines is 2. The molecule has 0 saturated heterocycles. The number of para-hydroxylation sites is 2. The number of benzene rings is 3. The standard InChI is InChI=1S/C28H22F3N5O/c29-28(30,31)21-8-6-7-19(15-21)17-32-27(37)16-20-18-36(24-12-5-4-11-23(20)24)26-14-13-25(34-35-26)33-22-9-2-1-3-10-22/h1-15,18H,16-17H2,(H,32,37)(H,33,34). The second kappa shape index (κ2) is 10.1. The van der Waals surface area contributed by atoms with E-state index in [0.717, 1.165) is 34.3 Å². The molecule has 37 heavy (non-hydrogen) atoms. The molecule has 9 heteroatoms. The van der Waals surface area contributed by atoms with Crippen LogP contribution in [0.5, 0.6) is 0 Å². The molecule has 0 spiro atoms. The van der Waals surface area contributed by atoms with E-state index in [0.29, 0.717) is 17.2 Å². The maximum absolute atomic E-state index is 13.0. The van der Waals surface area contributed by atoms with Crippen LogP contribution in [0, 0.1) is 0 Å². The fraction of sp³-hybridized carbons (Fsp3) is 0.107. The van der Waals surface area contributed by atoms with E-state index in [1.54, 1.807) is 6.07 Å². The average Bonchev–Trinajstić information content (AvgIpc) is 3.26. The molecule has 0 aliphatic rings. The summed E-state index contributed by atoms with van der Waals surface area (Å²) in [5, 5.41) is 15.4. The molecule has 0 saturated carbocycles. The highest BCUT2D eigenvalue weighted by Gasteiger charge is 2.30. The van der Waals surface area contributed by atoms with Gasteiger partial charge >= 0.3 is 6.18 Å². The van der Waals surface area contributed by atoms with Crippen molar-refractivity contribution in [3.8, 4) is 5.82 Å². The Kier molecular flexibility index (Phi) is 6.59. The Balaban J connectivity index is 1.32. The van der Waals surface area contributed by atoms with Crippen LogP contribution in [0.2, 0.25) is 0 Å². The van der Waals surface area contributed by atoms with Crippen LogP contribution in [-0.4, -0.2) is 20.7 Å². The van der Waals surface area contributed by atoms with Gasteiger partial charge in [-0.3, -0.25) is 9.36 Å². The minimum absolute atomic E-state index is 0.00272. The summed E-state index contributed by atoms with van der Waals surface area (Å²) in [6.45, 7) is 0.00272. The van der Waals surface area contributed by atoms with Gasteiger partial charge in [0.05, 0.1) is 17.5 Å². The molecule has 0 radical (unpaired) electrons. The highest BCUT2D eigenvalue weighted by Crippen LogP contribution is 2.29. The highest BCUT2D eigenvalue weighted by atomic mass is 19.4. The molecule has 6 nitrogen and oxygen atoms in total. The first-order valence-electron chi connectivity index (χ1n) is 11.5. The number of fused-ring (bicyclic) bond motifs is 1. The van der Waals surface area contributed by atoms with E-state index in [9.17, 15) is 18.0 Å². The van der Waals surface area contributed by atoms with Crippen molar-refractivity contribution >= 4 is 28.3 Å². The Bertz CT molecular complexity index is 1530. The molecule has 5 rings (SSSR count). The zero-order valence-electron chi connectivity index (χ0n) is 19.5. The Morgan fingerprint density at radius 2 is 1.65 bits per heavy atom. The predicted octanol–water partition coefficient (Wildman–Crippen LogP) is 6.04. The molecule has 0 bridgehead atoms. The molecule has 0 fully saturated rings. The average molecular weight is 502 g/mol. The monoisotopic (exact) mass is 501 g/mol. The SMILES string of the molecule is O=C(Cc1cn(-c2ccc(Nc3ccccc3)nn2)c2ccccc12)NCc1cccc(C(F)(F)F)c1. The van der Waals surface area contributed by atoms with Crippen LogP contribution in [-0.2, 0) is 23.9 Å². The van der Waals surface area contributed by atoms with Crippen LogP contribution in [0.4, 0.5) is 24.7 Å². The summed E-state index contributed by atoms with van der Waals surface area (Å²) in [5.74, 6) is 0.889. The van der Waals surface area contributed by atoms with Crippen LogP contribution in [0.3, 0.4) is 0 Å². The van der Waals surface area contributed by atoms with Crippen molar-refractivity contribution in [2.24, 2.45) is 0 Å². The van der Waals surface area contributed by atoms with Crippen LogP contribution in [0.1, 0.15) is 16.7 Å². The van der Waals surface area contributed by atoms with E-state index in [2.05, 4.69) is 20.8 Å². The summed E-state index contributed by atoms with van der Waals surface area (Å²) in [6, 6.07) is 25.9. The number of amides is 1. The van der Waals surface area contributed by atoms with Gasteiger partial charge in [-0.1, -0.05) is 48.5 Å². The minimum Gasteiger partial charge on any atom is -0.352 e. The van der Waals surface area contributed by atoms with Crippen LogP contribution in [0.15, 0.2) is 97.2 Å². The van der Waals surface area contributed by atoms with Crippen LogP contribution in [0.25, 0.3) is 16.7 Å². The number of rotatable bonds is 7. The molecule has 3 aromatic carbocycles. The van der Waals surface area contributed by atoms with E-state index in [4.69, 9.17) is 0 Å². The summed E-state index contributed by atoms with van der Waals surface area (Å²) in [5.41, 5.74) is 2.17. The molecule has 1 amide bonds. The number of hydrogen-bond acceptors (Lipinski definition) is 4. The van der Waals surface area contributed by atoms with Crippen molar-refractivity contribution in [2.75, 3.05) is 5.32 Å². The third-order valence-corrected chi connectivity index (χ3v) is 5.83. The van der Waals surface area contributed by atoms with E-state index in [1.807, 2.05) is 77.5 Å². The summed E-state index contributed by atoms with van der Waals surface area (Å²) >= 11 is 0. The van der Waals surface area contributed by atoms with Gasteiger partial charge in [-0.05, 0) is 53.6 Å². The molecule has 0 atom stereocenters. The maximum Gasteiger partial charge on any atom is 0.416 e. The molecule has 0 aliphatic carbocycles. The van der Waals surface area contributed by atoms with Crippen molar-refractivity contribution in [2.45, 2.75) is 19.1 Å². The minimum atomic E-state index is -4.43. The lowest BCUT2D eigenvalue weighted by Crippen LogP contribution is -2.24. The zero-order valence-corrected chi connectivity index (χ0v) is 19.5. The quantitative estimate of drug-likeness (QED) is 0.285. The summed E-state index contributed by atoms with van der Waals surface area (Å²) in [4.78, 5) is 12.7. The number of aromatic nitrogens is 3. The van der Waals surface area contributed by atoms with Gasteiger partial charge in [-0.25, -0.2) is 0 Å². The Morgan fingerprint density at radius 1 is 0.865 bits per heavy atom. The normalized spacial score (nSPS) is 11.4. The lowest BCUT2D eigenvalue weighted by atomic mass is 10.1. The third-order valence-electron chi connectivity index (χ3n) is 5.83. The summed E-state index contributed by atoms with van der Waals surface area (Å²) in [7, 11) is 0. The lowest BCUT2D eigenvalue weighted by Gasteiger charge is -2.09. The van der Waals surface area contributed by atoms with Gasteiger partial charge in [0.25, 0.3) is 0 Å². The van der Waals surface area contributed by atoms with Gasteiger partial charge in [-0.2, -0.15) is 13.2 Å². The third kappa shape index (κ3) is 5.61.